The summed E-state index contributed by atoms with van der Waals surface area (Å²) >= 11 is 0. The van der Waals surface area contributed by atoms with Crippen LogP contribution in [0.3, 0.4) is 0 Å². The van der Waals surface area contributed by atoms with Crippen molar-refractivity contribution in [1.82, 2.24) is 0 Å². The first-order valence-corrected chi connectivity index (χ1v) is 20.6. The highest BCUT2D eigenvalue weighted by Crippen LogP contribution is 2.49. The molecule has 3 aliphatic rings. The molecule has 0 amide bonds. The lowest BCUT2D eigenvalue weighted by molar-refractivity contribution is 0.486. The summed E-state index contributed by atoms with van der Waals surface area (Å²) in [5.74, 6) is 1.88. The molecule has 2 nitrogen and oxygen atoms in total. The van der Waals surface area contributed by atoms with Crippen LogP contribution in [0.5, 0.6) is 11.5 Å². The van der Waals surface area contributed by atoms with Gasteiger partial charge in [-0.25, -0.2) is 0 Å². The van der Waals surface area contributed by atoms with E-state index in [0.717, 1.165) is 28.6 Å². The van der Waals surface area contributed by atoms with E-state index in [1.54, 1.807) is 0 Å². The molecule has 0 radical (unpaired) electrons. The molecule has 9 aromatic rings. The SMILES string of the molecule is c1ccc(B2c3ccccc3C3(c4ccc(-c5ccc(N(c6ccccc6)c6ccccc6)cc5)cc42)c2ccccc2B2c4ccccc4Oc4cccc3c42)cc1. The molecule has 0 bridgehead atoms. The van der Waals surface area contributed by atoms with E-state index in [1.807, 2.05) is 0 Å². The summed E-state index contributed by atoms with van der Waals surface area (Å²) in [4.78, 5) is 2.32. The van der Waals surface area contributed by atoms with E-state index in [9.17, 15) is 0 Å². The molecule has 1 unspecified atom stereocenters. The fourth-order valence-corrected chi connectivity index (χ4v) is 10.6. The van der Waals surface area contributed by atoms with E-state index >= 15 is 0 Å². The normalized spacial score (nSPS) is 15.3. The number of nitrogens with zero attached hydrogens (tertiary/aromatic N) is 1. The van der Waals surface area contributed by atoms with Gasteiger partial charge in [0.2, 0.25) is 6.71 Å². The van der Waals surface area contributed by atoms with Gasteiger partial charge in [0.1, 0.15) is 11.5 Å². The summed E-state index contributed by atoms with van der Waals surface area (Å²) in [7, 11) is 0. The van der Waals surface area contributed by atoms with Crippen molar-refractivity contribution < 1.29 is 4.74 Å². The molecule has 0 fully saturated rings. The molecule has 0 aromatic heterocycles. The van der Waals surface area contributed by atoms with Crippen molar-refractivity contribution >= 4 is 63.3 Å². The average molecular weight is 750 g/mol. The minimum Gasteiger partial charge on any atom is -0.458 e. The fourth-order valence-electron chi connectivity index (χ4n) is 10.6. The number of benzene rings is 9. The standard InChI is InChI=1S/C55H37B2NO/c1-4-17-40(18-5-1)56-48-26-12-10-23-44(48)55(45-24-11-13-27-49(45)57-50-28-14-15-29-52(50)59-53-30-16-25-47(55)54(53)57)46-36-33-39(37-51(46)56)38-31-34-43(35-32-38)58(41-19-6-2-7-20-41)42-21-8-3-9-22-42/h1-37H. The Balaban J connectivity index is 1.09. The number of hydrogen-bond acceptors (Lipinski definition) is 2. The number of para-hydroxylation sites is 3. The molecule has 3 heterocycles. The molecular formula is C55H37B2NO. The molecule has 0 saturated heterocycles. The molecule has 4 heteroatoms. The zero-order valence-corrected chi connectivity index (χ0v) is 32.4. The minimum absolute atomic E-state index is 0.0419. The van der Waals surface area contributed by atoms with Crippen molar-refractivity contribution in [2.75, 3.05) is 4.90 Å². The fraction of sp³-hybridized carbons (Fsp3) is 0.0182. The average Bonchev–Trinajstić information content (AvgIpc) is 3.31. The number of ether oxygens (including phenoxy) is 1. The molecule has 1 spiro atoms. The predicted octanol–water partition coefficient (Wildman–Crippen LogP) is 8.97. The van der Waals surface area contributed by atoms with E-state index in [4.69, 9.17) is 4.74 Å². The molecule has 59 heavy (non-hydrogen) atoms. The Hall–Kier alpha value is -7.29. The van der Waals surface area contributed by atoms with Gasteiger partial charge in [-0.05, 0) is 92.8 Å². The van der Waals surface area contributed by atoms with Crippen LogP contribution in [0.15, 0.2) is 224 Å². The third kappa shape index (κ3) is 5.03. The van der Waals surface area contributed by atoms with E-state index < -0.39 is 5.41 Å². The van der Waals surface area contributed by atoms with Crippen LogP contribution in [0.1, 0.15) is 22.3 Å². The first-order valence-electron chi connectivity index (χ1n) is 20.6. The largest absolute Gasteiger partial charge is 0.458 e. The van der Waals surface area contributed by atoms with Gasteiger partial charge in [-0.2, -0.15) is 0 Å². The van der Waals surface area contributed by atoms with Gasteiger partial charge in [0.25, 0.3) is 6.71 Å². The first-order chi connectivity index (χ1) is 29.3. The van der Waals surface area contributed by atoms with Crippen molar-refractivity contribution in [1.29, 1.82) is 0 Å². The first kappa shape index (κ1) is 33.8. The van der Waals surface area contributed by atoms with Gasteiger partial charge >= 0.3 is 0 Å². The van der Waals surface area contributed by atoms with Crippen LogP contribution in [0.4, 0.5) is 17.1 Å². The quantitative estimate of drug-likeness (QED) is 0.163. The van der Waals surface area contributed by atoms with E-state index in [-0.39, 0.29) is 13.4 Å². The summed E-state index contributed by atoms with van der Waals surface area (Å²) in [6.45, 7) is 0.111. The molecule has 1 atom stereocenters. The van der Waals surface area contributed by atoms with Crippen LogP contribution in [-0.4, -0.2) is 13.4 Å². The van der Waals surface area contributed by atoms with Crippen LogP contribution in [0.2, 0.25) is 0 Å². The molecule has 0 saturated carbocycles. The molecule has 0 aliphatic carbocycles. The predicted molar refractivity (Wildman–Crippen MR) is 247 cm³/mol. The van der Waals surface area contributed by atoms with E-state index in [2.05, 4.69) is 229 Å². The van der Waals surface area contributed by atoms with Gasteiger partial charge in [-0.3, -0.25) is 0 Å². The Labute approximate surface area is 346 Å². The third-order valence-electron chi connectivity index (χ3n) is 12.9. The van der Waals surface area contributed by atoms with Gasteiger partial charge < -0.3 is 9.64 Å². The van der Waals surface area contributed by atoms with Crippen molar-refractivity contribution in [3.63, 3.8) is 0 Å². The number of rotatable bonds is 5. The Morgan fingerprint density at radius 2 is 0.831 bits per heavy atom. The van der Waals surface area contributed by atoms with Gasteiger partial charge in [-0.1, -0.05) is 198 Å². The highest BCUT2D eigenvalue weighted by atomic mass is 16.5. The summed E-state index contributed by atoms with van der Waals surface area (Å²) in [6, 6.07) is 82.4. The molecule has 9 aromatic carbocycles. The second-order valence-electron chi connectivity index (χ2n) is 15.9. The highest BCUT2D eigenvalue weighted by Gasteiger charge is 2.54. The van der Waals surface area contributed by atoms with Crippen molar-refractivity contribution in [2.45, 2.75) is 5.41 Å². The van der Waals surface area contributed by atoms with Gasteiger partial charge in [-0.15, -0.1) is 0 Å². The Morgan fingerprint density at radius 1 is 0.339 bits per heavy atom. The van der Waals surface area contributed by atoms with Gasteiger partial charge in [0.15, 0.2) is 0 Å². The van der Waals surface area contributed by atoms with E-state index in [0.29, 0.717) is 0 Å². The molecule has 3 aliphatic heterocycles. The van der Waals surface area contributed by atoms with E-state index in [1.165, 1.54) is 66.2 Å². The van der Waals surface area contributed by atoms with Crippen LogP contribution >= 0.6 is 0 Å². The lowest BCUT2D eigenvalue weighted by Crippen LogP contribution is -2.68. The molecular weight excluding hydrogens is 712 g/mol. The van der Waals surface area contributed by atoms with Crippen LogP contribution < -0.4 is 42.4 Å². The monoisotopic (exact) mass is 749 g/mol. The maximum atomic E-state index is 6.80. The third-order valence-corrected chi connectivity index (χ3v) is 12.9. The number of fused-ring (bicyclic) bond motifs is 10. The lowest BCUT2D eigenvalue weighted by Gasteiger charge is -2.50. The minimum atomic E-state index is -0.570. The topological polar surface area (TPSA) is 12.5 Å². The van der Waals surface area contributed by atoms with Crippen molar-refractivity contribution in [3.05, 3.63) is 247 Å². The molecule has 12 rings (SSSR count). The second-order valence-corrected chi connectivity index (χ2v) is 15.9. The number of anilines is 3. The van der Waals surface area contributed by atoms with Crippen LogP contribution in [0.25, 0.3) is 11.1 Å². The maximum absolute atomic E-state index is 6.80. The van der Waals surface area contributed by atoms with Crippen molar-refractivity contribution in [3.8, 4) is 22.6 Å². The summed E-state index contributed by atoms with van der Waals surface area (Å²) in [6.07, 6.45) is 0. The van der Waals surface area contributed by atoms with Gasteiger partial charge in [0, 0.05) is 17.1 Å². The van der Waals surface area contributed by atoms with Crippen molar-refractivity contribution in [2.24, 2.45) is 0 Å². The summed E-state index contributed by atoms with van der Waals surface area (Å²) in [5.41, 5.74) is 18.3. The Morgan fingerprint density at radius 3 is 1.51 bits per heavy atom. The second kappa shape index (κ2) is 13.4. The van der Waals surface area contributed by atoms with Crippen LogP contribution in [0, 0.1) is 0 Å². The lowest BCUT2D eigenvalue weighted by atomic mass is 9.26. The zero-order valence-electron chi connectivity index (χ0n) is 32.4. The Bertz CT molecular complexity index is 2990. The molecule has 0 N–H and O–H groups in total. The molecule has 274 valence electrons. The summed E-state index contributed by atoms with van der Waals surface area (Å²) in [5, 5.41) is 0. The zero-order chi connectivity index (χ0) is 38.9. The van der Waals surface area contributed by atoms with Gasteiger partial charge in [0.05, 0.1) is 5.41 Å². The van der Waals surface area contributed by atoms with Crippen LogP contribution in [-0.2, 0) is 5.41 Å². The maximum Gasteiger partial charge on any atom is 0.251 e. The Kier molecular flexibility index (Phi) is 7.68. The smallest absolute Gasteiger partial charge is 0.251 e. The highest BCUT2D eigenvalue weighted by molar-refractivity contribution is 6.99. The summed E-state index contributed by atoms with van der Waals surface area (Å²) < 4.78 is 6.80. The number of hydrogen-bond donors (Lipinski definition) is 0.